The summed E-state index contributed by atoms with van der Waals surface area (Å²) in [6.45, 7) is 3.93. The Kier molecular flexibility index (Phi) is 4.22. The molecule has 1 aromatic heterocycles. The van der Waals surface area contributed by atoms with Crippen LogP contribution in [0.4, 0.5) is 5.82 Å². The van der Waals surface area contributed by atoms with Gasteiger partial charge in [0.15, 0.2) is 0 Å². The summed E-state index contributed by atoms with van der Waals surface area (Å²) in [5.41, 5.74) is 0.824. The zero-order chi connectivity index (χ0) is 13.8. The summed E-state index contributed by atoms with van der Waals surface area (Å²) in [5.74, 6) is 1.23. The van der Waals surface area contributed by atoms with Crippen LogP contribution in [0.15, 0.2) is 35.1 Å². The van der Waals surface area contributed by atoms with E-state index in [1.54, 1.807) is 0 Å². The molecule has 0 spiro atoms. The number of hydrogen-bond donors (Lipinski definition) is 2. The van der Waals surface area contributed by atoms with E-state index in [0.29, 0.717) is 23.1 Å². The Balaban J connectivity index is 2.24. The summed E-state index contributed by atoms with van der Waals surface area (Å²) in [6.07, 6.45) is 0.686. The fourth-order valence-electron chi connectivity index (χ4n) is 1.88. The number of H-pyrrole nitrogens is 1. The predicted molar refractivity (Wildman–Crippen MR) is 77.7 cm³/mol. The fourth-order valence-corrected chi connectivity index (χ4v) is 2.17. The molecule has 0 aliphatic carbocycles. The van der Waals surface area contributed by atoms with E-state index in [1.165, 1.54) is 6.07 Å². The van der Waals surface area contributed by atoms with Gasteiger partial charge >= 0.3 is 0 Å². The highest BCUT2D eigenvalue weighted by Crippen LogP contribution is 2.24. The standard InChI is InChI=1S/C14H16ClN3O/c1-3-12-17-13(8-14(19)18-12)16-9(2)10-6-4-5-7-11(10)15/h4-9H,3H2,1-2H3,(H2,16,17,18,19). The molecule has 19 heavy (non-hydrogen) atoms. The Bertz CT molecular complexity index is 624. The molecular formula is C14H16ClN3O. The van der Waals surface area contributed by atoms with Crippen LogP contribution in [0.1, 0.15) is 31.3 Å². The summed E-state index contributed by atoms with van der Waals surface area (Å²) >= 11 is 6.15. The molecule has 1 aromatic carbocycles. The second kappa shape index (κ2) is 5.89. The Morgan fingerprint density at radius 3 is 2.84 bits per heavy atom. The van der Waals surface area contributed by atoms with Gasteiger partial charge in [-0.3, -0.25) is 4.79 Å². The van der Waals surface area contributed by atoms with Gasteiger partial charge in [-0.05, 0) is 18.6 Å². The van der Waals surface area contributed by atoms with Crippen molar-refractivity contribution in [2.45, 2.75) is 26.3 Å². The van der Waals surface area contributed by atoms with Gasteiger partial charge in [-0.2, -0.15) is 0 Å². The third-order valence-corrected chi connectivity index (χ3v) is 3.21. The van der Waals surface area contributed by atoms with E-state index in [1.807, 2.05) is 38.1 Å². The maximum absolute atomic E-state index is 11.5. The smallest absolute Gasteiger partial charge is 0.252 e. The highest BCUT2D eigenvalue weighted by atomic mass is 35.5. The summed E-state index contributed by atoms with van der Waals surface area (Å²) in [6, 6.07) is 9.05. The van der Waals surface area contributed by atoms with Crippen molar-refractivity contribution in [2.24, 2.45) is 0 Å². The minimum Gasteiger partial charge on any atom is -0.363 e. The molecule has 0 saturated carbocycles. The van der Waals surface area contributed by atoms with Crippen molar-refractivity contribution < 1.29 is 0 Å². The van der Waals surface area contributed by atoms with E-state index in [2.05, 4.69) is 15.3 Å². The molecule has 0 radical (unpaired) electrons. The van der Waals surface area contributed by atoms with Gasteiger partial charge in [0.05, 0.1) is 6.04 Å². The number of nitrogens with one attached hydrogen (secondary N) is 2. The predicted octanol–water partition coefficient (Wildman–Crippen LogP) is 3.16. The molecule has 4 nitrogen and oxygen atoms in total. The van der Waals surface area contributed by atoms with Crippen molar-refractivity contribution in [2.75, 3.05) is 5.32 Å². The minimum atomic E-state index is -0.152. The second-order valence-corrected chi connectivity index (χ2v) is 4.73. The molecule has 2 N–H and O–H groups in total. The number of anilines is 1. The largest absolute Gasteiger partial charge is 0.363 e. The van der Waals surface area contributed by atoms with Crippen LogP contribution in [0.2, 0.25) is 5.02 Å². The molecule has 0 aliphatic heterocycles. The first-order valence-electron chi connectivity index (χ1n) is 6.21. The van der Waals surface area contributed by atoms with E-state index in [-0.39, 0.29) is 11.6 Å². The topological polar surface area (TPSA) is 57.8 Å². The molecule has 5 heteroatoms. The van der Waals surface area contributed by atoms with Crippen molar-refractivity contribution >= 4 is 17.4 Å². The number of benzene rings is 1. The zero-order valence-corrected chi connectivity index (χ0v) is 11.7. The number of aromatic nitrogens is 2. The maximum atomic E-state index is 11.5. The lowest BCUT2D eigenvalue weighted by Crippen LogP contribution is -2.15. The molecule has 0 amide bonds. The minimum absolute atomic E-state index is 0.0206. The quantitative estimate of drug-likeness (QED) is 0.902. The first-order chi connectivity index (χ1) is 9.10. The Morgan fingerprint density at radius 1 is 1.42 bits per heavy atom. The van der Waals surface area contributed by atoms with Crippen LogP contribution in [0.3, 0.4) is 0 Å². The van der Waals surface area contributed by atoms with Gasteiger partial charge in [0, 0.05) is 17.5 Å². The van der Waals surface area contributed by atoms with Crippen LogP contribution < -0.4 is 10.9 Å². The lowest BCUT2D eigenvalue weighted by Gasteiger charge is -2.16. The van der Waals surface area contributed by atoms with Crippen LogP contribution >= 0.6 is 11.6 Å². The first-order valence-corrected chi connectivity index (χ1v) is 6.59. The average Bonchev–Trinajstić information content (AvgIpc) is 2.38. The maximum Gasteiger partial charge on any atom is 0.252 e. The van der Waals surface area contributed by atoms with Crippen LogP contribution in [0.5, 0.6) is 0 Å². The monoisotopic (exact) mass is 277 g/mol. The number of hydrogen-bond acceptors (Lipinski definition) is 3. The van der Waals surface area contributed by atoms with E-state index in [9.17, 15) is 4.79 Å². The molecule has 1 unspecified atom stereocenters. The Morgan fingerprint density at radius 2 is 2.16 bits per heavy atom. The molecular weight excluding hydrogens is 262 g/mol. The van der Waals surface area contributed by atoms with Gasteiger partial charge in [0.1, 0.15) is 11.6 Å². The third-order valence-electron chi connectivity index (χ3n) is 2.86. The van der Waals surface area contributed by atoms with Crippen LogP contribution in [0.25, 0.3) is 0 Å². The number of halogens is 1. The van der Waals surface area contributed by atoms with Gasteiger partial charge in [0.25, 0.3) is 5.56 Å². The molecule has 0 saturated heterocycles. The molecule has 2 aromatic rings. The van der Waals surface area contributed by atoms with Gasteiger partial charge in [0.2, 0.25) is 0 Å². The van der Waals surface area contributed by atoms with Crippen molar-refractivity contribution in [1.82, 2.24) is 9.97 Å². The highest BCUT2D eigenvalue weighted by Gasteiger charge is 2.10. The molecule has 1 atom stereocenters. The molecule has 1 heterocycles. The second-order valence-electron chi connectivity index (χ2n) is 4.32. The summed E-state index contributed by atoms with van der Waals surface area (Å²) in [5, 5.41) is 3.90. The molecule has 0 fully saturated rings. The zero-order valence-electron chi connectivity index (χ0n) is 10.9. The van der Waals surface area contributed by atoms with Crippen molar-refractivity contribution in [3.8, 4) is 0 Å². The van der Waals surface area contributed by atoms with Crippen molar-refractivity contribution in [1.29, 1.82) is 0 Å². The Labute approximate surface area is 116 Å². The van der Waals surface area contributed by atoms with Gasteiger partial charge in [-0.15, -0.1) is 0 Å². The first kappa shape index (κ1) is 13.6. The number of rotatable bonds is 4. The summed E-state index contributed by atoms with van der Waals surface area (Å²) in [7, 11) is 0. The van der Waals surface area contributed by atoms with Crippen LogP contribution in [-0.2, 0) is 6.42 Å². The number of nitrogens with zero attached hydrogens (tertiary/aromatic N) is 1. The average molecular weight is 278 g/mol. The SMILES string of the molecule is CCc1nc(NC(C)c2ccccc2Cl)cc(=O)[nH]1. The van der Waals surface area contributed by atoms with Crippen molar-refractivity contribution in [3.63, 3.8) is 0 Å². The molecule has 2 rings (SSSR count). The molecule has 0 bridgehead atoms. The van der Waals surface area contributed by atoms with Crippen LogP contribution in [-0.4, -0.2) is 9.97 Å². The fraction of sp³-hybridized carbons (Fsp3) is 0.286. The van der Waals surface area contributed by atoms with E-state index >= 15 is 0 Å². The number of aromatic amines is 1. The lowest BCUT2D eigenvalue weighted by atomic mass is 10.1. The van der Waals surface area contributed by atoms with Gasteiger partial charge in [-0.1, -0.05) is 36.7 Å². The summed E-state index contributed by atoms with van der Waals surface area (Å²) in [4.78, 5) is 18.5. The van der Waals surface area contributed by atoms with E-state index < -0.39 is 0 Å². The number of aryl methyl sites for hydroxylation is 1. The van der Waals surface area contributed by atoms with Crippen molar-refractivity contribution in [3.05, 3.63) is 57.1 Å². The van der Waals surface area contributed by atoms with Gasteiger partial charge < -0.3 is 10.3 Å². The van der Waals surface area contributed by atoms with E-state index in [4.69, 9.17) is 11.6 Å². The summed E-state index contributed by atoms with van der Waals surface area (Å²) < 4.78 is 0. The van der Waals surface area contributed by atoms with Gasteiger partial charge in [-0.25, -0.2) is 4.98 Å². The van der Waals surface area contributed by atoms with E-state index in [0.717, 1.165) is 5.56 Å². The molecule has 100 valence electrons. The Hall–Kier alpha value is -1.81. The lowest BCUT2D eigenvalue weighted by molar-refractivity contribution is 0.852. The normalized spacial score (nSPS) is 12.2. The highest BCUT2D eigenvalue weighted by molar-refractivity contribution is 6.31. The molecule has 0 aliphatic rings. The third kappa shape index (κ3) is 3.35. The van der Waals surface area contributed by atoms with Crippen LogP contribution in [0, 0.1) is 0 Å².